The molecule has 1 fully saturated rings. The van der Waals surface area contributed by atoms with E-state index in [2.05, 4.69) is 29.6 Å². The third kappa shape index (κ3) is 3.72. The van der Waals surface area contributed by atoms with Gasteiger partial charge in [0.1, 0.15) is 0 Å². The fraction of sp³-hybridized carbons (Fsp3) is 0.600. The molecule has 0 heterocycles. The van der Waals surface area contributed by atoms with Gasteiger partial charge in [0, 0.05) is 12.2 Å². The molecular formula is C15H23NO2. The zero-order valence-electron chi connectivity index (χ0n) is 10.8. The SMILES string of the molecule is OCC(O)CNc1ccc(C2CCCCC2)cc1. The maximum Gasteiger partial charge on any atom is 0.0942 e. The third-order valence-corrected chi connectivity index (χ3v) is 3.74. The molecule has 1 aromatic carbocycles. The highest BCUT2D eigenvalue weighted by atomic mass is 16.3. The summed E-state index contributed by atoms with van der Waals surface area (Å²) in [6, 6.07) is 8.50. The van der Waals surface area contributed by atoms with Crippen LogP contribution in [0.1, 0.15) is 43.6 Å². The van der Waals surface area contributed by atoms with Crippen molar-refractivity contribution in [3.63, 3.8) is 0 Å². The Kier molecular flexibility index (Phi) is 5.02. The van der Waals surface area contributed by atoms with Crippen molar-refractivity contribution in [3.8, 4) is 0 Å². The molecule has 1 atom stereocenters. The summed E-state index contributed by atoms with van der Waals surface area (Å²) in [4.78, 5) is 0. The number of anilines is 1. The van der Waals surface area contributed by atoms with Gasteiger partial charge >= 0.3 is 0 Å². The van der Waals surface area contributed by atoms with Gasteiger partial charge in [0.05, 0.1) is 12.7 Å². The highest BCUT2D eigenvalue weighted by Crippen LogP contribution is 2.32. The summed E-state index contributed by atoms with van der Waals surface area (Å²) in [5.41, 5.74) is 2.44. The molecular weight excluding hydrogens is 226 g/mol. The van der Waals surface area contributed by atoms with Crippen LogP contribution >= 0.6 is 0 Å². The Hall–Kier alpha value is -1.06. The quantitative estimate of drug-likeness (QED) is 0.751. The van der Waals surface area contributed by atoms with Crippen LogP contribution in [0.15, 0.2) is 24.3 Å². The van der Waals surface area contributed by atoms with Gasteiger partial charge in [0.15, 0.2) is 0 Å². The molecule has 0 aromatic heterocycles. The smallest absolute Gasteiger partial charge is 0.0942 e. The van der Waals surface area contributed by atoms with Crippen LogP contribution < -0.4 is 5.32 Å². The first kappa shape index (κ1) is 13.4. The van der Waals surface area contributed by atoms with Crippen LogP contribution in [0, 0.1) is 0 Å². The summed E-state index contributed by atoms with van der Waals surface area (Å²) in [5.74, 6) is 0.732. The number of hydrogen-bond acceptors (Lipinski definition) is 3. The Balaban J connectivity index is 1.88. The Labute approximate surface area is 109 Å². The maximum atomic E-state index is 9.27. The van der Waals surface area contributed by atoms with Gasteiger partial charge in [-0.2, -0.15) is 0 Å². The molecule has 0 spiro atoms. The molecule has 2 rings (SSSR count). The van der Waals surface area contributed by atoms with Gasteiger partial charge in [0.2, 0.25) is 0 Å². The lowest BCUT2D eigenvalue weighted by Crippen LogP contribution is -2.22. The van der Waals surface area contributed by atoms with E-state index in [1.54, 1.807) is 0 Å². The minimum absolute atomic E-state index is 0.201. The van der Waals surface area contributed by atoms with Crippen molar-refractivity contribution >= 4 is 5.69 Å². The lowest BCUT2D eigenvalue weighted by atomic mass is 9.84. The Bertz CT molecular complexity index is 344. The standard InChI is InChI=1S/C15H23NO2/c17-11-15(18)10-16-14-8-6-13(7-9-14)12-4-2-1-3-5-12/h6-9,12,15-18H,1-5,10-11H2. The van der Waals surface area contributed by atoms with Gasteiger partial charge in [-0.05, 0) is 36.5 Å². The second kappa shape index (κ2) is 6.76. The van der Waals surface area contributed by atoms with Crippen molar-refractivity contribution in [1.29, 1.82) is 0 Å². The largest absolute Gasteiger partial charge is 0.394 e. The van der Waals surface area contributed by atoms with E-state index >= 15 is 0 Å². The predicted octanol–water partition coefficient (Wildman–Crippen LogP) is 2.50. The number of nitrogens with one attached hydrogen (secondary N) is 1. The maximum absolute atomic E-state index is 9.27. The minimum atomic E-state index is -0.692. The summed E-state index contributed by atoms with van der Waals surface area (Å²) < 4.78 is 0. The van der Waals surface area contributed by atoms with E-state index in [1.165, 1.54) is 37.7 Å². The van der Waals surface area contributed by atoms with Gasteiger partial charge in [-0.15, -0.1) is 0 Å². The number of benzene rings is 1. The second-order valence-corrected chi connectivity index (χ2v) is 5.17. The molecule has 1 unspecified atom stereocenters. The fourth-order valence-electron chi connectivity index (χ4n) is 2.61. The first-order chi connectivity index (χ1) is 8.79. The van der Waals surface area contributed by atoms with Gasteiger partial charge < -0.3 is 15.5 Å². The van der Waals surface area contributed by atoms with E-state index in [0.29, 0.717) is 6.54 Å². The van der Waals surface area contributed by atoms with Gasteiger partial charge in [-0.3, -0.25) is 0 Å². The highest BCUT2D eigenvalue weighted by molar-refractivity contribution is 5.45. The van der Waals surface area contributed by atoms with Crippen molar-refractivity contribution in [2.45, 2.75) is 44.1 Å². The monoisotopic (exact) mass is 249 g/mol. The van der Waals surface area contributed by atoms with Crippen molar-refractivity contribution in [2.24, 2.45) is 0 Å². The van der Waals surface area contributed by atoms with E-state index in [0.717, 1.165) is 11.6 Å². The van der Waals surface area contributed by atoms with Crippen LogP contribution in [0.25, 0.3) is 0 Å². The van der Waals surface area contributed by atoms with Crippen molar-refractivity contribution in [3.05, 3.63) is 29.8 Å². The fourth-order valence-corrected chi connectivity index (χ4v) is 2.61. The summed E-state index contributed by atoms with van der Waals surface area (Å²) in [5, 5.41) is 21.1. The van der Waals surface area contributed by atoms with E-state index in [-0.39, 0.29) is 6.61 Å². The van der Waals surface area contributed by atoms with Gasteiger partial charge in [-0.1, -0.05) is 31.4 Å². The molecule has 1 aliphatic carbocycles. The molecule has 1 saturated carbocycles. The summed E-state index contributed by atoms with van der Waals surface area (Å²) in [6.45, 7) is 0.187. The van der Waals surface area contributed by atoms with Crippen molar-refractivity contribution in [2.75, 3.05) is 18.5 Å². The average Bonchev–Trinajstić information content (AvgIpc) is 2.46. The topological polar surface area (TPSA) is 52.5 Å². The highest BCUT2D eigenvalue weighted by Gasteiger charge is 2.15. The molecule has 100 valence electrons. The van der Waals surface area contributed by atoms with Crippen LogP contribution in [-0.4, -0.2) is 29.5 Å². The van der Waals surface area contributed by atoms with Crippen LogP contribution in [0.5, 0.6) is 0 Å². The summed E-state index contributed by atoms with van der Waals surface area (Å²) in [7, 11) is 0. The molecule has 0 bridgehead atoms. The minimum Gasteiger partial charge on any atom is -0.394 e. The third-order valence-electron chi connectivity index (χ3n) is 3.74. The molecule has 1 aliphatic rings. The molecule has 3 N–H and O–H groups in total. The van der Waals surface area contributed by atoms with Crippen LogP contribution in [0.4, 0.5) is 5.69 Å². The average molecular weight is 249 g/mol. The van der Waals surface area contributed by atoms with Crippen LogP contribution in [0.2, 0.25) is 0 Å². The van der Waals surface area contributed by atoms with Gasteiger partial charge in [-0.25, -0.2) is 0 Å². The Morgan fingerprint density at radius 3 is 2.39 bits per heavy atom. The Morgan fingerprint density at radius 1 is 1.11 bits per heavy atom. The van der Waals surface area contributed by atoms with Gasteiger partial charge in [0.25, 0.3) is 0 Å². The second-order valence-electron chi connectivity index (χ2n) is 5.17. The lowest BCUT2D eigenvalue weighted by molar-refractivity contribution is 0.105. The lowest BCUT2D eigenvalue weighted by Gasteiger charge is -2.22. The summed E-state index contributed by atoms with van der Waals surface area (Å²) >= 11 is 0. The first-order valence-corrected chi connectivity index (χ1v) is 6.92. The van der Waals surface area contributed by atoms with Crippen LogP contribution in [-0.2, 0) is 0 Å². The molecule has 3 heteroatoms. The first-order valence-electron chi connectivity index (χ1n) is 6.92. The number of rotatable bonds is 5. The normalized spacial score (nSPS) is 18.6. The van der Waals surface area contributed by atoms with Crippen LogP contribution in [0.3, 0.4) is 0 Å². The van der Waals surface area contributed by atoms with E-state index in [4.69, 9.17) is 5.11 Å². The molecule has 0 aliphatic heterocycles. The van der Waals surface area contributed by atoms with E-state index in [1.807, 2.05) is 0 Å². The van der Waals surface area contributed by atoms with E-state index in [9.17, 15) is 5.11 Å². The number of aliphatic hydroxyl groups excluding tert-OH is 2. The zero-order valence-corrected chi connectivity index (χ0v) is 10.8. The van der Waals surface area contributed by atoms with Crippen molar-refractivity contribution < 1.29 is 10.2 Å². The molecule has 18 heavy (non-hydrogen) atoms. The Morgan fingerprint density at radius 2 is 1.78 bits per heavy atom. The number of hydrogen-bond donors (Lipinski definition) is 3. The number of aliphatic hydroxyl groups is 2. The van der Waals surface area contributed by atoms with Crippen molar-refractivity contribution in [1.82, 2.24) is 0 Å². The molecule has 1 aromatic rings. The molecule has 3 nitrogen and oxygen atoms in total. The molecule has 0 saturated heterocycles. The molecule has 0 radical (unpaired) electrons. The molecule has 0 amide bonds. The van der Waals surface area contributed by atoms with E-state index < -0.39 is 6.10 Å². The summed E-state index contributed by atoms with van der Waals surface area (Å²) in [6.07, 6.45) is 6.03. The zero-order chi connectivity index (χ0) is 12.8. The predicted molar refractivity (Wildman–Crippen MR) is 73.9 cm³/mol.